The van der Waals surface area contributed by atoms with Crippen LogP contribution in [0.5, 0.6) is 0 Å². The van der Waals surface area contributed by atoms with E-state index in [1.807, 2.05) is 0 Å². The highest BCUT2D eigenvalue weighted by Crippen LogP contribution is 2.27. The van der Waals surface area contributed by atoms with Gasteiger partial charge in [0.1, 0.15) is 24.1 Å². The number of hydrogen-bond donors (Lipinski definition) is 2. The molecular formula is C20H19ClN6O4. The Balaban J connectivity index is 1.49. The van der Waals surface area contributed by atoms with Crippen LogP contribution in [-0.2, 0) is 12.1 Å². The van der Waals surface area contributed by atoms with Crippen LogP contribution in [0.25, 0.3) is 11.3 Å². The minimum absolute atomic E-state index is 0.108. The van der Waals surface area contributed by atoms with E-state index < -0.39 is 11.5 Å². The van der Waals surface area contributed by atoms with Crippen LogP contribution in [-0.4, -0.2) is 36.0 Å². The normalized spacial score (nSPS) is 11.6. The molecule has 0 aliphatic heterocycles. The molecule has 0 saturated carbocycles. The zero-order valence-electron chi connectivity index (χ0n) is 17.0. The maximum atomic E-state index is 12.8. The monoisotopic (exact) mass is 442 g/mol. The number of benzene rings is 1. The molecule has 0 spiro atoms. The van der Waals surface area contributed by atoms with Crippen molar-refractivity contribution in [2.24, 2.45) is 0 Å². The van der Waals surface area contributed by atoms with Crippen molar-refractivity contribution in [2.45, 2.75) is 32.9 Å². The van der Waals surface area contributed by atoms with Gasteiger partial charge in [-0.2, -0.15) is 9.90 Å². The van der Waals surface area contributed by atoms with Crippen molar-refractivity contribution in [3.8, 4) is 11.3 Å². The molecule has 0 bridgehead atoms. The number of nitrogens with zero attached hydrogens (tertiary/aromatic N) is 5. The van der Waals surface area contributed by atoms with Gasteiger partial charge in [-0.15, -0.1) is 5.10 Å². The molecular weight excluding hydrogens is 424 g/mol. The first kappa shape index (κ1) is 20.8. The number of oxazole rings is 2. The first-order chi connectivity index (χ1) is 14.7. The Bertz CT molecular complexity index is 1240. The predicted molar refractivity (Wildman–Crippen MR) is 111 cm³/mol. The fraction of sp³-hybridized carbons (Fsp3) is 0.250. The van der Waals surface area contributed by atoms with Gasteiger partial charge >= 0.3 is 0 Å². The molecule has 0 radical (unpaired) electrons. The summed E-state index contributed by atoms with van der Waals surface area (Å²) in [5.41, 5.74) is 0.0258. The summed E-state index contributed by atoms with van der Waals surface area (Å²) in [5, 5.41) is 21.4. The molecule has 1 aromatic carbocycles. The molecule has 4 aromatic rings. The Morgan fingerprint density at radius 2 is 2.13 bits per heavy atom. The topological polar surface area (TPSA) is 132 Å². The molecule has 2 N–H and O–H groups in total. The quantitative estimate of drug-likeness (QED) is 0.464. The molecule has 160 valence electrons. The van der Waals surface area contributed by atoms with Crippen LogP contribution in [0.3, 0.4) is 0 Å². The van der Waals surface area contributed by atoms with Crippen molar-refractivity contribution in [3.05, 3.63) is 64.9 Å². The number of nitrogens with one attached hydrogen (secondary N) is 1. The van der Waals surface area contributed by atoms with Gasteiger partial charge in [0.05, 0.1) is 6.20 Å². The third-order valence-electron chi connectivity index (χ3n) is 4.27. The average Bonchev–Trinajstić information content (AvgIpc) is 3.42. The van der Waals surface area contributed by atoms with Gasteiger partial charge in [-0.3, -0.25) is 4.79 Å². The Labute approximate surface area is 181 Å². The molecule has 0 unspecified atom stereocenters. The largest absolute Gasteiger partial charge is 0.446 e. The molecule has 0 saturated heterocycles. The van der Waals surface area contributed by atoms with Crippen molar-refractivity contribution in [1.82, 2.24) is 25.0 Å². The van der Waals surface area contributed by atoms with E-state index in [0.29, 0.717) is 33.8 Å². The lowest BCUT2D eigenvalue weighted by molar-refractivity contribution is 0.0737. The standard InChI is InChI=1S/C20H19ClN6O4/c1-11-23-17(18(31-11)12-5-4-6-13(21)7-12)19(28)25-15-8-22-27(26-15)9-16-24-14(10-30-16)20(2,3)29/h4-8,10,29H,9H2,1-3H3,(H,25,26,28). The zero-order valence-corrected chi connectivity index (χ0v) is 17.7. The summed E-state index contributed by atoms with van der Waals surface area (Å²) in [5.74, 6) is 0.691. The van der Waals surface area contributed by atoms with Crippen molar-refractivity contribution in [1.29, 1.82) is 0 Å². The minimum Gasteiger partial charge on any atom is -0.446 e. The van der Waals surface area contributed by atoms with Crippen molar-refractivity contribution >= 4 is 23.3 Å². The molecule has 3 aromatic heterocycles. The highest BCUT2D eigenvalue weighted by molar-refractivity contribution is 6.30. The molecule has 3 heterocycles. The number of aromatic nitrogens is 5. The van der Waals surface area contributed by atoms with E-state index in [4.69, 9.17) is 20.4 Å². The van der Waals surface area contributed by atoms with Crippen LogP contribution in [0.4, 0.5) is 5.82 Å². The first-order valence-corrected chi connectivity index (χ1v) is 9.69. The van der Waals surface area contributed by atoms with Gasteiger partial charge < -0.3 is 19.3 Å². The Hall–Kier alpha value is -3.50. The number of carbonyl (C=O) groups excluding carboxylic acids is 1. The number of aryl methyl sites for hydroxylation is 1. The molecule has 31 heavy (non-hydrogen) atoms. The fourth-order valence-electron chi connectivity index (χ4n) is 2.80. The van der Waals surface area contributed by atoms with Crippen molar-refractivity contribution in [3.63, 3.8) is 0 Å². The molecule has 11 heteroatoms. The Morgan fingerprint density at radius 1 is 1.32 bits per heavy atom. The van der Waals surface area contributed by atoms with Gasteiger partial charge in [0.25, 0.3) is 5.91 Å². The van der Waals surface area contributed by atoms with Gasteiger partial charge in [0, 0.05) is 17.5 Å². The maximum Gasteiger partial charge on any atom is 0.279 e. The van der Waals surface area contributed by atoms with Crippen LogP contribution in [0.2, 0.25) is 5.02 Å². The lowest BCUT2D eigenvalue weighted by Gasteiger charge is -2.11. The Kier molecular flexibility index (Phi) is 5.34. The van der Waals surface area contributed by atoms with Crippen LogP contribution in [0.15, 0.2) is 45.6 Å². The summed E-state index contributed by atoms with van der Waals surface area (Å²) in [6.07, 6.45) is 2.77. The summed E-state index contributed by atoms with van der Waals surface area (Å²) in [4.78, 5) is 22.5. The lowest BCUT2D eigenvalue weighted by Crippen LogP contribution is -2.16. The van der Waals surface area contributed by atoms with Crippen LogP contribution < -0.4 is 5.32 Å². The second-order valence-corrected chi connectivity index (χ2v) is 7.76. The van der Waals surface area contributed by atoms with E-state index in [0.717, 1.165) is 0 Å². The van der Waals surface area contributed by atoms with E-state index in [1.165, 1.54) is 17.3 Å². The summed E-state index contributed by atoms with van der Waals surface area (Å²) in [6.45, 7) is 5.00. The molecule has 0 fully saturated rings. The van der Waals surface area contributed by atoms with E-state index in [2.05, 4.69) is 25.5 Å². The van der Waals surface area contributed by atoms with Crippen molar-refractivity contribution in [2.75, 3.05) is 5.32 Å². The first-order valence-electron chi connectivity index (χ1n) is 9.31. The second kappa shape index (κ2) is 7.97. The lowest BCUT2D eigenvalue weighted by atomic mass is 10.1. The second-order valence-electron chi connectivity index (χ2n) is 7.32. The molecule has 0 aliphatic rings. The Morgan fingerprint density at radius 3 is 2.84 bits per heavy atom. The number of anilines is 1. The minimum atomic E-state index is -1.12. The van der Waals surface area contributed by atoms with Gasteiger partial charge in [-0.25, -0.2) is 9.97 Å². The summed E-state index contributed by atoms with van der Waals surface area (Å²) in [6, 6.07) is 6.95. The molecule has 0 atom stereocenters. The van der Waals surface area contributed by atoms with Gasteiger partial charge in [0.15, 0.2) is 23.2 Å². The van der Waals surface area contributed by atoms with E-state index in [1.54, 1.807) is 45.0 Å². The van der Waals surface area contributed by atoms with E-state index in [-0.39, 0.29) is 18.1 Å². The SMILES string of the molecule is Cc1nc(C(=O)Nc2cnn(Cc3nc(C(C)(C)O)co3)n2)c(-c2cccc(Cl)c2)o1. The predicted octanol–water partition coefficient (Wildman–Crippen LogP) is 3.41. The molecule has 10 nitrogen and oxygen atoms in total. The number of halogens is 1. The third-order valence-corrected chi connectivity index (χ3v) is 4.50. The van der Waals surface area contributed by atoms with Crippen LogP contribution in [0, 0.1) is 6.92 Å². The average molecular weight is 443 g/mol. The van der Waals surface area contributed by atoms with E-state index in [9.17, 15) is 9.90 Å². The number of hydrogen-bond acceptors (Lipinski definition) is 8. The molecule has 0 aliphatic carbocycles. The fourth-order valence-corrected chi connectivity index (χ4v) is 2.99. The van der Waals surface area contributed by atoms with E-state index >= 15 is 0 Å². The summed E-state index contributed by atoms with van der Waals surface area (Å²) >= 11 is 6.05. The number of carbonyl (C=O) groups is 1. The smallest absolute Gasteiger partial charge is 0.279 e. The third kappa shape index (κ3) is 4.65. The van der Waals surface area contributed by atoms with Gasteiger partial charge in [-0.1, -0.05) is 23.7 Å². The van der Waals surface area contributed by atoms with Gasteiger partial charge in [0.2, 0.25) is 5.89 Å². The summed E-state index contributed by atoms with van der Waals surface area (Å²) < 4.78 is 11.0. The number of rotatable bonds is 6. The van der Waals surface area contributed by atoms with Crippen LogP contribution in [0.1, 0.15) is 41.8 Å². The van der Waals surface area contributed by atoms with Gasteiger partial charge in [-0.05, 0) is 26.0 Å². The highest BCUT2D eigenvalue weighted by Gasteiger charge is 2.23. The zero-order chi connectivity index (χ0) is 22.2. The molecule has 4 rings (SSSR count). The van der Waals surface area contributed by atoms with Crippen molar-refractivity contribution < 1.29 is 18.7 Å². The highest BCUT2D eigenvalue weighted by atomic mass is 35.5. The summed E-state index contributed by atoms with van der Waals surface area (Å²) in [7, 11) is 0. The maximum absolute atomic E-state index is 12.8. The van der Waals surface area contributed by atoms with Crippen LogP contribution >= 0.6 is 11.6 Å². The molecule has 1 amide bonds. The number of aliphatic hydroxyl groups is 1. The number of amides is 1.